The van der Waals surface area contributed by atoms with Crippen molar-refractivity contribution in [3.63, 3.8) is 0 Å². The van der Waals surface area contributed by atoms with Gasteiger partial charge in [0.05, 0.1) is 28.2 Å². The number of hydrogen-bond acceptors (Lipinski definition) is 5. The molecule has 4 rings (SSSR count). The van der Waals surface area contributed by atoms with Crippen LogP contribution in [0.3, 0.4) is 0 Å². The van der Waals surface area contributed by atoms with Gasteiger partial charge in [0.15, 0.2) is 9.84 Å². The van der Waals surface area contributed by atoms with Crippen molar-refractivity contribution >= 4 is 26.8 Å². The topological polar surface area (TPSA) is 84.3 Å². The maximum Gasteiger partial charge on any atom is 0.449 e. The molecule has 1 saturated heterocycles. The largest absolute Gasteiger partial charge is 0.449 e. The van der Waals surface area contributed by atoms with E-state index in [4.69, 9.17) is 0 Å². The van der Waals surface area contributed by atoms with E-state index in [0.717, 1.165) is 4.57 Å². The van der Waals surface area contributed by atoms with Crippen LogP contribution in [0, 0.1) is 5.92 Å². The standard InChI is InChI=1S/C26H28F6N4O3S/c1-2-40(38,39)20-6-3-17(4-7-20)14-33-23(37)19-5-8-22-21(13-19)34-24(26(30,31)32)36(22)15-18-9-11-35(12-10-18)16-25(27,28)29/h3-8,13,18H,2,9-12,14-16H2,1H3,(H,33,37). The minimum Gasteiger partial charge on any atom is -0.348 e. The number of nitrogens with zero attached hydrogens (tertiary/aromatic N) is 3. The molecule has 0 aliphatic carbocycles. The summed E-state index contributed by atoms with van der Waals surface area (Å²) in [4.78, 5) is 17.9. The zero-order valence-corrected chi connectivity index (χ0v) is 22.3. The number of benzene rings is 2. The molecule has 0 spiro atoms. The molecule has 14 heteroatoms. The summed E-state index contributed by atoms with van der Waals surface area (Å²) < 4.78 is 104. The molecule has 2 aromatic carbocycles. The highest BCUT2D eigenvalue weighted by atomic mass is 32.2. The van der Waals surface area contributed by atoms with E-state index >= 15 is 0 Å². The minimum absolute atomic E-state index is 0.0244. The fourth-order valence-corrected chi connectivity index (χ4v) is 5.66. The molecular formula is C26H28F6N4O3S. The zero-order valence-electron chi connectivity index (χ0n) is 21.5. The Kier molecular flexibility index (Phi) is 8.50. The fourth-order valence-electron chi connectivity index (χ4n) is 4.78. The fraction of sp³-hybridized carbons (Fsp3) is 0.462. The number of hydrogen-bond donors (Lipinski definition) is 1. The third-order valence-corrected chi connectivity index (χ3v) is 8.68. The zero-order chi connectivity index (χ0) is 29.3. The van der Waals surface area contributed by atoms with Crippen molar-refractivity contribution in [2.75, 3.05) is 25.4 Å². The van der Waals surface area contributed by atoms with Crippen molar-refractivity contribution < 1.29 is 39.6 Å². The Morgan fingerprint density at radius 3 is 2.25 bits per heavy atom. The van der Waals surface area contributed by atoms with Gasteiger partial charge in [-0.25, -0.2) is 13.4 Å². The van der Waals surface area contributed by atoms with Gasteiger partial charge in [-0.3, -0.25) is 9.69 Å². The first-order chi connectivity index (χ1) is 18.7. The predicted molar refractivity (Wildman–Crippen MR) is 135 cm³/mol. The van der Waals surface area contributed by atoms with Crippen LogP contribution in [0.15, 0.2) is 47.4 Å². The third kappa shape index (κ3) is 7.14. The van der Waals surface area contributed by atoms with E-state index in [-0.39, 0.29) is 59.3 Å². The number of likely N-dealkylation sites (tertiary alicyclic amines) is 1. The van der Waals surface area contributed by atoms with Crippen molar-refractivity contribution in [2.45, 2.75) is 50.1 Å². The van der Waals surface area contributed by atoms with Crippen LogP contribution in [0.4, 0.5) is 26.3 Å². The molecule has 1 aliphatic heterocycles. The molecule has 1 aliphatic rings. The van der Waals surface area contributed by atoms with Gasteiger partial charge in [0, 0.05) is 18.7 Å². The Morgan fingerprint density at radius 2 is 1.68 bits per heavy atom. The van der Waals surface area contributed by atoms with Gasteiger partial charge in [0.2, 0.25) is 5.82 Å². The van der Waals surface area contributed by atoms with Crippen LogP contribution >= 0.6 is 0 Å². The number of imidazole rings is 1. The van der Waals surface area contributed by atoms with Gasteiger partial charge in [-0.1, -0.05) is 19.1 Å². The molecular weight excluding hydrogens is 562 g/mol. The molecule has 1 aromatic heterocycles. The van der Waals surface area contributed by atoms with Crippen LogP contribution in [0.25, 0.3) is 11.0 Å². The lowest BCUT2D eigenvalue weighted by molar-refractivity contribution is -0.150. The summed E-state index contributed by atoms with van der Waals surface area (Å²) in [5.41, 5.74) is 0.879. The second-order valence-corrected chi connectivity index (χ2v) is 12.1. The summed E-state index contributed by atoms with van der Waals surface area (Å²) in [5, 5.41) is 2.66. The van der Waals surface area contributed by atoms with Gasteiger partial charge in [0.25, 0.3) is 5.91 Å². The first-order valence-electron chi connectivity index (χ1n) is 12.6. The second kappa shape index (κ2) is 11.4. The molecule has 2 heterocycles. The Balaban J connectivity index is 1.47. The number of sulfone groups is 1. The average molecular weight is 591 g/mol. The summed E-state index contributed by atoms with van der Waals surface area (Å²) in [6.07, 6.45) is -8.46. The highest BCUT2D eigenvalue weighted by molar-refractivity contribution is 7.91. The number of piperidine rings is 1. The minimum atomic E-state index is -4.77. The molecule has 0 atom stereocenters. The monoisotopic (exact) mass is 590 g/mol. The molecule has 218 valence electrons. The summed E-state index contributed by atoms with van der Waals surface area (Å²) in [6.45, 7) is 0.781. The Bertz CT molecular complexity index is 1460. The maximum atomic E-state index is 13.8. The number of nitrogens with one attached hydrogen (secondary N) is 1. The van der Waals surface area contributed by atoms with Crippen LogP contribution in [0.5, 0.6) is 0 Å². The highest BCUT2D eigenvalue weighted by Crippen LogP contribution is 2.34. The summed E-state index contributed by atoms with van der Waals surface area (Å²) in [5.74, 6) is -1.98. The van der Waals surface area contributed by atoms with E-state index in [0.29, 0.717) is 18.4 Å². The smallest absolute Gasteiger partial charge is 0.348 e. The number of fused-ring (bicyclic) bond motifs is 1. The van der Waals surface area contributed by atoms with Crippen molar-refractivity contribution in [3.8, 4) is 0 Å². The molecule has 3 aromatic rings. The second-order valence-electron chi connectivity index (χ2n) is 9.81. The van der Waals surface area contributed by atoms with E-state index in [9.17, 15) is 39.6 Å². The van der Waals surface area contributed by atoms with Gasteiger partial charge in [0.1, 0.15) is 0 Å². The van der Waals surface area contributed by atoms with Gasteiger partial charge in [-0.05, 0) is 67.7 Å². The highest BCUT2D eigenvalue weighted by Gasteiger charge is 2.39. The molecule has 0 saturated carbocycles. The maximum absolute atomic E-state index is 13.8. The van der Waals surface area contributed by atoms with Crippen LogP contribution in [-0.2, 0) is 29.1 Å². The normalized spacial score (nSPS) is 16.0. The van der Waals surface area contributed by atoms with Crippen LogP contribution < -0.4 is 5.32 Å². The van der Waals surface area contributed by atoms with E-state index in [2.05, 4.69) is 10.3 Å². The van der Waals surface area contributed by atoms with Gasteiger partial charge >= 0.3 is 12.4 Å². The van der Waals surface area contributed by atoms with Crippen molar-refractivity contribution in [2.24, 2.45) is 5.92 Å². The van der Waals surface area contributed by atoms with Crippen LogP contribution in [0.2, 0.25) is 0 Å². The molecule has 1 N–H and O–H groups in total. The molecule has 1 fully saturated rings. The lowest BCUT2D eigenvalue weighted by Gasteiger charge is -2.32. The first kappa shape index (κ1) is 29.8. The van der Waals surface area contributed by atoms with E-state index in [1.165, 1.54) is 42.2 Å². The molecule has 0 unspecified atom stereocenters. The molecule has 7 nitrogen and oxygen atoms in total. The van der Waals surface area contributed by atoms with Crippen molar-refractivity contribution in [1.82, 2.24) is 19.8 Å². The number of halogens is 6. The Morgan fingerprint density at radius 1 is 1.02 bits per heavy atom. The summed E-state index contributed by atoms with van der Waals surface area (Å²) in [6, 6.07) is 10.1. The number of alkyl halides is 6. The lowest BCUT2D eigenvalue weighted by Crippen LogP contribution is -2.40. The third-order valence-electron chi connectivity index (χ3n) is 6.93. The number of aromatic nitrogens is 2. The average Bonchev–Trinajstić information content (AvgIpc) is 3.26. The quantitative estimate of drug-likeness (QED) is 0.371. The van der Waals surface area contributed by atoms with Crippen molar-refractivity contribution in [1.29, 1.82) is 0 Å². The predicted octanol–water partition coefficient (Wildman–Crippen LogP) is 5.05. The Hall–Kier alpha value is -3.13. The first-order valence-corrected chi connectivity index (χ1v) is 14.3. The Labute approximate surface area is 227 Å². The number of rotatable bonds is 8. The molecule has 0 radical (unpaired) electrons. The lowest BCUT2D eigenvalue weighted by atomic mass is 9.96. The molecule has 0 bridgehead atoms. The van der Waals surface area contributed by atoms with E-state index in [1.54, 1.807) is 12.1 Å². The SMILES string of the molecule is CCS(=O)(=O)c1ccc(CNC(=O)c2ccc3c(c2)nc(C(F)(F)F)n3CC2CCN(CC(F)(F)F)CC2)cc1. The van der Waals surface area contributed by atoms with Crippen molar-refractivity contribution in [3.05, 3.63) is 59.4 Å². The van der Waals surface area contributed by atoms with Gasteiger partial charge in [-0.2, -0.15) is 26.3 Å². The number of carbonyl (C=O) groups is 1. The summed E-state index contributed by atoms with van der Waals surface area (Å²) in [7, 11) is -3.36. The van der Waals surface area contributed by atoms with Crippen LogP contribution in [0.1, 0.15) is 41.5 Å². The molecule has 1 amide bonds. The van der Waals surface area contributed by atoms with E-state index in [1.807, 2.05) is 0 Å². The number of amides is 1. The van der Waals surface area contributed by atoms with Gasteiger partial charge < -0.3 is 9.88 Å². The van der Waals surface area contributed by atoms with E-state index < -0.39 is 40.5 Å². The van der Waals surface area contributed by atoms with Crippen LogP contribution in [-0.4, -0.2) is 60.3 Å². The number of carbonyl (C=O) groups excluding carboxylic acids is 1. The molecule has 40 heavy (non-hydrogen) atoms. The van der Waals surface area contributed by atoms with Gasteiger partial charge in [-0.15, -0.1) is 0 Å². The summed E-state index contributed by atoms with van der Waals surface area (Å²) >= 11 is 0.